The molecule has 0 radical (unpaired) electrons. The van der Waals surface area contributed by atoms with Gasteiger partial charge in [0, 0.05) is 24.6 Å². The smallest absolute Gasteiger partial charge is 0.497 e. The lowest BCUT2D eigenvalue weighted by Gasteiger charge is -2.13. The molecule has 0 N–H and O–H groups in total. The van der Waals surface area contributed by atoms with E-state index >= 15 is 0 Å². The van der Waals surface area contributed by atoms with E-state index < -0.39 is 6.36 Å². The van der Waals surface area contributed by atoms with Gasteiger partial charge in [0.2, 0.25) is 0 Å². The van der Waals surface area contributed by atoms with Crippen molar-refractivity contribution in [2.45, 2.75) is 31.3 Å². The molecular formula is C26H23F3N3O3S3+. The number of alkyl halides is 3. The van der Waals surface area contributed by atoms with Crippen LogP contribution >= 0.6 is 34.4 Å². The molecule has 0 aliphatic carbocycles. The molecule has 1 aliphatic heterocycles. The van der Waals surface area contributed by atoms with Crippen molar-refractivity contribution in [3.05, 3.63) is 84.2 Å². The van der Waals surface area contributed by atoms with E-state index in [1.165, 1.54) is 34.8 Å². The van der Waals surface area contributed by atoms with Crippen LogP contribution < -0.4 is 33.7 Å². The van der Waals surface area contributed by atoms with E-state index in [4.69, 9.17) is 4.74 Å². The average molecular weight is 579 g/mol. The Morgan fingerprint density at radius 2 is 1.95 bits per heavy atom. The molecule has 5 rings (SSSR count). The molecule has 0 fully saturated rings. The molecule has 0 saturated heterocycles. The maximum absolute atomic E-state index is 13.5. The highest BCUT2D eigenvalue weighted by Gasteiger charge is 2.32. The topological polar surface area (TPSA) is 47.6 Å². The van der Waals surface area contributed by atoms with Crippen molar-refractivity contribution < 1.29 is 27.2 Å². The number of benzene rings is 2. The third-order valence-electron chi connectivity index (χ3n) is 5.96. The first kappa shape index (κ1) is 26.4. The maximum Gasteiger partial charge on any atom is 0.573 e. The summed E-state index contributed by atoms with van der Waals surface area (Å²) >= 11 is 4.39. The minimum atomic E-state index is -4.77. The van der Waals surface area contributed by atoms with Crippen LogP contribution in [0.4, 0.5) is 18.9 Å². The number of methoxy groups -OCH3 is 1. The number of anilines is 1. The van der Waals surface area contributed by atoms with E-state index in [1.54, 1.807) is 35.6 Å². The van der Waals surface area contributed by atoms with Gasteiger partial charge < -0.3 is 14.4 Å². The lowest BCUT2D eigenvalue weighted by atomic mass is 10.2. The number of rotatable bonds is 6. The van der Waals surface area contributed by atoms with Gasteiger partial charge in [0.15, 0.2) is 12.7 Å². The van der Waals surface area contributed by atoms with Gasteiger partial charge in [-0.15, -0.1) is 24.5 Å². The maximum atomic E-state index is 13.5. The van der Waals surface area contributed by atoms with Crippen LogP contribution in [0.5, 0.6) is 11.5 Å². The lowest BCUT2D eigenvalue weighted by Crippen LogP contribution is -2.36. The van der Waals surface area contributed by atoms with E-state index in [2.05, 4.69) is 4.74 Å². The van der Waals surface area contributed by atoms with E-state index in [9.17, 15) is 18.0 Å². The highest BCUT2D eigenvalue weighted by Crippen LogP contribution is 2.46. The van der Waals surface area contributed by atoms with Crippen LogP contribution in [-0.4, -0.2) is 25.1 Å². The van der Waals surface area contributed by atoms with Crippen LogP contribution in [0.25, 0.3) is 11.1 Å². The lowest BCUT2D eigenvalue weighted by molar-refractivity contribution is -0.685. The van der Waals surface area contributed by atoms with Gasteiger partial charge in [0.25, 0.3) is 10.6 Å². The zero-order chi connectivity index (χ0) is 27.0. The second-order valence-corrected chi connectivity index (χ2v) is 11.3. The predicted molar refractivity (Wildman–Crippen MR) is 144 cm³/mol. The second kappa shape index (κ2) is 10.5. The molecule has 12 heteroatoms. The van der Waals surface area contributed by atoms with Crippen molar-refractivity contribution in [1.82, 2.24) is 4.57 Å². The largest absolute Gasteiger partial charge is 0.573 e. The van der Waals surface area contributed by atoms with E-state index in [-0.39, 0.29) is 17.9 Å². The van der Waals surface area contributed by atoms with Crippen molar-refractivity contribution in [1.29, 1.82) is 0 Å². The number of aromatic nitrogens is 2. The van der Waals surface area contributed by atoms with E-state index in [1.807, 2.05) is 59.3 Å². The molecule has 38 heavy (non-hydrogen) atoms. The van der Waals surface area contributed by atoms with Crippen molar-refractivity contribution >= 4 is 51.2 Å². The number of thioether (sulfide) groups is 1. The molecule has 3 heterocycles. The van der Waals surface area contributed by atoms with Gasteiger partial charge in [0.1, 0.15) is 25.7 Å². The van der Waals surface area contributed by atoms with Crippen molar-refractivity contribution in [2.75, 3.05) is 19.1 Å². The number of nitrogens with zero attached hydrogens (tertiary/aromatic N) is 3. The molecule has 0 bridgehead atoms. The summed E-state index contributed by atoms with van der Waals surface area (Å²) in [6.45, 7) is 2.58. The number of ether oxygens (including phenoxy) is 2. The number of fused-ring (bicyclic) bond motifs is 1. The minimum absolute atomic E-state index is 0.0788. The Labute approximate surface area is 228 Å². The molecule has 198 valence electrons. The summed E-state index contributed by atoms with van der Waals surface area (Å²) in [7, 11) is 3.55. The summed E-state index contributed by atoms with van der Waals surface area (Å²) in [5.74, 6) is 0.510. The molecule has 0 unspecified atom stereocenters. The summed E-state index contributed by atoms with van der Waals surface area (Å²) in [6, 6.07) is 11.9. The summed E-state index contributed by atoms with van der Waals surface area (Å²) in [5, 5.41) is 3.51. The summed E-state index contributed by atoms with van der Waals surface area (Å²) in [6.07, 6.45) is -1.06. The van der Waals surface area contributed by atoms with Crippen molar-refractivity contribution in [3.8, 4) is 11.5 Å². The molecule has 2 aromatic carbocycles. The average Bonchev–Trinajstić information content (AvgIpc) is 3.55. The van der Waals surface area contributed by atoms with Gasteiger partial charge in [0.05, 0.1) is 29.8 Å². The summed E-state index contributed by atoms with van der Waals surface area (Å²) in [5.41, 5.74) is 1.29. The van der Waals surface area contributed by atoms with Crippen molar-refractivity contribution in [3.63, 3.8) is 0 Å². The highest BCUT2D eigenvalue weighted by molar-refractivity contribution is 8.08. The molecule has 0 saturated carbocycles. The number of para-hydroxylation sites is 1. The third kappa shape index (κ3) is 5.20. The van der Waals surface area contributed by atoms with Gasteiger partial charge in [-0.05, 0) is 31.2 Å². The first-order chi connectivity index (χ1) is 18.2. The Morgan fingerprint density at radius 3 is 2.68 bits per heavy atom. The molecule has 0 atom stereocenters. The van der Waals surface area contributed by atoms with Crippen LogP contribution in [0, 0.1) is 0 Å². The Morgan fingerprint density at radius 1 is 1.16 bits per heavy atom. The fourth-order valence-corrected chi connectivity index (χ4v) is 7.43. The molecule has 4 aromatic rings. The van der Waals surface area contributed by atoms with Crippen molar-refractivity contribution in [2.24, 2.45) is 0 Å². The Balaban J connectivity index is 1.55. The van der Waals surface area contributed by atoms with Crippen LogP contribution in [0.2, 0.25) is 0 Å². The van der Waals surface area contributed by atoms with E-state index in [0.717, 1.165) is 31.0 Å². The summed E-state index contributed by atoms with van der Waals surface area (Å²) < 4.78 is 53.2. The van der Waals surface area contributed by atoms with Gasteiger partial charge in [-0.2, -0.15) is 4.57 Å². The van der Waals surface area contributed by atoms with Gasteiger partial charge >= 0.3 is 6.36 Å². The van der Waals surface area contributed by atoms with Crippen LogP contribution in [0.15, 0.2) is 63.7 Å². The monoisotopic (exact) mass is 578 g/mol. The number of hydrogen-bond acceptors (Lipinski definition) is 7. The van der Waals surface area contributed by atoms with Crippen LogP contribution in [0.3, 0.4) is 0 Å². The number of thiazole rings is 2. The first-order valence-corrected chi connectivity index (χ1v) is 14.1. The Bertz CT molecular complexity index is 1670. The zero-order valence-corrected chi connectivity index (χ0v) is 23.1. The predicted octanol–water partition coefficient (Wildman–Crippen LogP) is 4.37. The molecule has 6 nitrogen and oxygen atoms in total. The number of halogens is 3. The standard InChI is InChI=1S/C26H23F3N3O3S3/c1-4-32-22(38-23(24(32)33)25-30(2)18-13-17(34-3)9-10-20(18)37-25)14-21-31(11-12-36-21)15-16-7-5-6-8-19(16)35-26(27,28)29/h5-14H,4,15H2,1-3H3/q+1/b25-23+. The summed E-state index contributed by atoms with van der Waals surface area (Å²) in [4.78, 5) is 16.5. The Hall–Kier alpha value is -3.22. The fraction of sp³-hybridized carbons (Fsp3) is 0.231. The number of hydrogen-bond donors (Lipinski definition) is 0. The SMILES string of the molecule is CCn1c(=O)/c(=C2\Sc3ccc(OC)cc3N2C)s/c1=C\c1scc[n+]1Cc1ccccc1OC(F)(F)F. The van der Waals surface area contributed by atoms with E-state index in [0.29, 0.717) is 16.6 Å². The molecule has 2 aromatic heterocycles. The quantitative estimate of drug-likeness (QED) is 0.318. The van der Waals surface area contributed by atoms with Crippen LogP contribution in [0.1, 0.15) is 17.5 Å². The molecule has 0 amide bonds. The highest BCUT2D eigenvalue weighted by atomic mass is 32.2. The second-order valence-electron chi connectivity index (χ2n) is 8.29. The molecule has 1 aliphatic rings. The molecular weight excluding hydrogens is 555 g/mol. The Kier molecular flexibility index (Phi) is 7.30. The fourth-order valence-electron chi connectivity index (χ4n) is 4.13. The minimum Gasteiger partial charge on any atom is -0.497 e. The van der Waals surface area contributed by atoms with Gasteiger partial charge in [-0.1, -0.05) is 35.2 Å². The van der Waals surface area contributed by atoms with Gasteiger partial charge in [-0.25, -0.2) is 0 Å². The van der Waals surface area contributed by atoms with Gasteiger partial charge in [-0.3, -0.25) is 9.36 Å². The first-order valence-electron chi connectivity index (χ1n) is 11.5. The third-order valence-corrected chi connectivity index (χ3v) is 9.30. The van der Waals surface area contributed by atoms with Crippen LogP contribution in [-0.2, 0) is 13.1 Å². The molecule has 0 spiro atoms. The zero-order valence-electron chi connectivity index (χ0n) is 20.6. The normalized spacial score (nSPS) is 15.2.